The van der Waals surface area contributed by atoms with Gasteiger partial charge >= 0.3 is 5.97 Å². The number of ether oxygens (including phenoxy) is 2. The highest BCUT2D eigenvalue weighted by Gasteiger charge is 2.42. The van der Waals surface area contributed by atoms with Gasteiger partial charge in [0.15, 0.2) is 0 Å². The molecule has 110 valence electrons. The highest BCUT2D eigenvalue weighted by atomic mass is 16.5. The summed E-state index contributed by atoms with van der Waals surface area (Å²) in [6.45, 7) is 0.497. The molecule has 0 amide bonds. The molecule has 1 aromatic carbocycles. The Morgan fingerprint density at radius 3 is 2.50 bits per heavy atom. The molecule has 1 saturated carbocycles. The van der Waals surface area contributed by atoms with Gasteiger partial charge in [-0.05, 0) is 44.2 Å². The van der Waals surface area contributed by atoms with Crippen LogP contribution < -0.4 is 4.74 Å². The van der Waals surface area contributed by atoms with Crippen molar-refractivity contribution in [2.24, 2.45) is 5.41 Å². The Kier molecular flexibility index (Phi) is 5.01. The van der Waals surface area contributed by atoms with Crippen molar-refractivity contribution in [3.63, 3.8) is 0 Å². The van der Waals surface area contributed by atoms with Crippen LogP contribution in [0, 0.1) is 5.41 Å². The Hall–Kier alpha value is -1.55. The minimum Gasteiger partial charge on any atom is -0.490 e. The minimum atomic E-state index is -0.701. The molecule has 0 spiro atoms. The molecule has 0 bridgehead atoms. The van der Waals surface area contributed by atoms with Crippen molar-refractivity contribution in [3.05, 3.63) is 30.3 Å². The first kappa shape index (κ1) is 14.9. The lowest BCUT2D eigenvalue weighted by molar-refractivity contribution is -0.153. The predicted octanol–water partition coefficient (Wildman–Crippen LogP) is 3.12. The summed E-state index contributed by atoms with van der Waals surface area (Å²) >= 11 is 0. The second-order valence-electron chi connectivity index (χ2n) is 5.46. The fourth-order valence-electron chi connectivity index (χ4n) is 2.82. The van der Waals surface area contributed by atoms with Crippen molar-refractivity contribution in [3.8, 4) is 5.75 Å². The van der Waals surface area contributed by atoms with Gasteiger partial charge in [0.2, 0.25) is 0 Å². The van der Waals surface area contributed by atoms with Gasteiger partial charge in [0, 0.05) is 13.7 Å². The first-order valence-corrected chi connectivity index (χ1v) is 7.10. The fraction of sp³-hybridized carbons (Fsp3) is 0.562. The van der Waals surface area contributed by atoms with Crippen LogP contribution in [-0.4, -0.2) is 30.9 Å². The molecule has 4 nitrogen and oxygen atoms in total. The van der Waals surface area contributed by atoms with E-state index in [1.165, 1.54) is 0 Å². The standard InChI is InChI=1S/C16H22O4/c1-19-12-11-16(15(17)18)9-7-14(8-10-16)20-13-5-3-2-4-6-13/h2-6,14H,7-12H2,1H3,(H,17,18). The van der Waals surface area contributed by atoms with Gasteiger partial charge in [-0.2, -0.15) is 0 Å². The second-order valence-corrected chi connectivity index (χ2v) is 5.46. The normalized spacial score (nSPS) is 26.1. The fourth-order valence-corrected chi connectivity index (χ4v) is 2.82. The molecule has 0 aromatic heterocycles. The van der Waals surface area contributed by atoms with Crippen LogP contribution in [0.1, 0.15) is 32.1 Å². The van der Waals surface area contributed by atoms with Crippen LogP contribution in [0.15, 0.2) is 30.3 Å². The molecule has 1 fully saturated rings. The molecule has 0 saturated heterocycles. The van der Waals surface area contributed by atoms with Crippen molar-refractivity contribution in [2.45, 2.75) is 38.2 Å². The van der Waals surface area contributed by atoms with E-state index >= 15 is 0 Å². The van der Waals surface area contributed by atoms with Gasteiger partial charge in [-0.25, -0.2) is 0 Å². The molecule has 1 aliphatic carbocycles. The van der Waals surface area contributed by atoms with Crippen LogP contribution in [0.4, 0.5) is 0 Å². The molecule has 0 radical (unpaired) electrons. The maximum absolute atomic E-state index is 11.6. The van der Waals surface area contributed by atoms with Gasteiger partial charge in [-0.1, -0.05) is 18.2 Å². The largest absolute Gasteiger partial charge is 0.490 e. The van der Waals surface area contributed by atoms with Crippen molar-refractivity contribution < 1.29 is 19.4 Å². The number of aliphatic carboxylic acids is 1. The number of benzene rings is 1. The molecule has 1 N–H and O–H groups in total. The number of para-hydroxylation sites is 1. The molecular weight excluding hydrogens is 256 g/mol. The molecule has 0 atom stereocenters. The molecule has 0 unspecified atom stereocenters. The molecule has 0 heterocycles. The number of carboxylic acid groups (broad SMARTS) is 1. The van der Waals surface area contributed by atoms with Crippen molar-refractivity contribution in [2.75, 3.05) is 13.7 Å². The van der Waals surface area contributed by atoms with Crippen LogP contribution in [0.3, 0.4) is 0 Å². The first-order chi connectivity index (χ1) is 9.66. The summed E-state index contributed by atoms with van der Waals surface area (Å²) < 4.78 is 11.0. The average Bonchev–Trinajstić information content (AvgIpc) is 2.47. The van der Waals surface area contributed by atoms with E-state index in [0.29, 0.717) is 25.9 Å². The number of carboxylic acids is 1. The van der Waals surface area contributed by atoms with Gasteiger partial charge in [0.25, 0.3) is 0 Å². The Bertz CT molecular complexity index is 421. The average molecular weight is 278 g/mol. The van der Waals surface area contributed by atoms with E-state index in [2.05, 4.69) is 0 Å². The number of methoxy groups -OCH3 is 1. The smallest absolute Gasteiger partial charge is 0.309 e. The van der Waals surface area contributed by atoms with Gasteiger partial charge in [0.1, 0.15) is 5.75 Å². The third-order valence-electron chi connectivity index (χ3n) is 4.17. The Labute approximate surface area is 119 Å². The van der Waals surface area contributed by atoms with E-state index in [4.69, 9.17) is 9.47 Å². The Morgan fingerprint density at radius 1 is 1.30 bits per heavy atom. The summed E-state index contributed by atoms with van der Waals surface area (Å²) in [5, 5.41) is 9.50. The maximum Gasteiger partial charge on any atom is 0.309 e. The first-order valence-electron chi connectivity index (χ1n) is 7.10. The van der Waals surface area contributed by atoms with E-state index in [0.717, 1.165) is 18.6 Å². The lowest BCUT2D eigenvalue weighted by Crippen LogP contribution is -2.39. The van der Waals surface area contributed by atoms with Gasteiger partial charge in [0.05, 0.1) is 11.5 Å². The number of carbonyl (C=O) groups is 1. The van der Waals surface area contributed by atoms with Crippen LogP contribution >= 0.6 is 0 Å². The Morgan fingerprint density at radius 2 is 1.95 bits per heavy atom. The molecular formula is C16H22O4. The van der Waals surface area contributed by atoms with Crippen LogP contribution in [0.2, 0.25) is 0 Å². The van der Waals surface area contributed by atoms with E-state index in [9.17, 15) is 9.90 Å². The topological polar surface area (TPSA) is 55.8 Å². The molecule has 20 heavy (non-hydrogen) atoms. The zero-order chi connectivity index (χ0) is 14.4. The third kappa shape index (κ3) is 3.51. The second kappa shape index (κ2) is 6.75. The Balaban J connectivity index is 1.91. The van der Waals surface area contributed by atoms with E-state index < -0.39 is 11.4 Å². The van der Waals surface area contributed by atoms with E-state index in [1.54, 1.807) is 7.11 Å². The summed E-state index contributed by atoms with van der Waals surface area (Å²) in [7, 11) is 1.61. The van der Waals surface area contributed by atoms with Crippen LogP contribution in [0.5, 0.6) is 5.75 Å². The lowest BCUT2D eigenvalue weighted by atomic mass is 9.71. The van der Waals surface area contributed by atoms with E-state index in [-0.39, 0.29) is 6.10 Å². The quantitative estimate of drug-likeness (QED) is 0.868. The van der Waals surface area contributed by atoms with Gasteiger partial charge in [-0.3, -0.25) is 4.79 Å². The zero-order valence-corrected chi connectivity index (χ0v) is 11.9. The predicted molar refractivity (Wildman–Crippen MR) is 75.9 cm³/mol. The summed E-state index contributed by atoms with van der Waals surface area (Å²) in [4.78, 5) is 11.6. The van der Waals surface area contributed by atoms with Crippen molar-refractivity contribution in [1.29, 1.82) is 0 Å². The number of rotatable bonds is 6. The number of hydrogen-bond acceptors (Lipinski definition) is 3. The van der Waals surface area contributed by atoms with Crippen molar-refractivity contribution in [1.82, 2.24) is 0 Å². The third-order valence-corrected chi connectivity index (χ3v) is 4.17. The summed E-state index contributed by atoms with van der Waals surface area (Å²) in [5.74, 6) is 0.157. The van der Waals surface area contributed by atoms with Gasteiger partial charge in [-0.15, -0.1) is 0 Å². The SMILES string of the molecule is COCCC1(C(=O)O)CCC(Oc2ccccc2)CC1. The molecule has 1 aromatic rings. The maximum atomic E-state index is 11.6. The summed E-state index contributed by atoms with van der Waals surface area (Å²) in [6.07, 6.45) is 3.58. The summed E-state index contributed by atoms with van der Waals surface area (Å²) in [5.41, 5.74) is -0.632. The molecule has 0 aliphatic heterocycles. The van der Waals surface area contributed by atoms with Gasteiger partial charge < -0.3 is 14.6 Å². The van der Waals surface area contributed by atoms with Crippen molar-refractivity contribution >= 4 is 5.97 Å². The monoisotopic (exact) mass is 278 g/mol. The molecule has 2 rings (SSSR count). The van der Waals surface area contributed by atoms with Crippen LogP contribution in [-0.2, 0) is 9.53 Å². The highest BCUT2D eigenvalue weighted by Crippen LogP contribution is 2.40. The summed E-state index contributed by atoms with van der Waals surface area (Å²) in [6, 6.07) is 9.71. The lowest BCUT2D eigenvalue weighted by Gasteiger charge is -2.36. The molecule has 4 heteroatoms. The minimum absolute atomic E-state index is 0.118. The van der Waals surface area contributed by atoms with E-state index in [1.807, 2.05) is 30.3 Å². The molecule has 1 aliphatic rings. The van der Waals surface area contributed by atoms with Crippen LogP contribution in [0.25, 0.3) is 0 Å². The number of hydrogen-bond donors (Lipinski definition) is 1. The zero-order valence-electron chi connectivity index (χ0n) is 11.9. The highest BCUT2D eigenvalue weighted by molar-refractivity contribution is 5.74.